The molecule has 4 rings (SSSR count). The summed E-state index contributed by atoms with van der Waals surface area (Å²) in [5.41, 5.74) is 2.69. The normalized spacial score (nSPS) is 16.0. The van der Waals surface area contributed by atoms with E-state index in [2.05, 4.69) is 45.2 Å². The molecule has 0 spiro atoms. The van der Waals surface area contributed by atoms with Gasteiger partial charge in [-0.15, -0.1) is 0 Å². The third kappa shape index (κ3) is 5.16. The summed E-state index contributed by atoms with van der Waals surface area (Å²) < 4.78 is 5.54. The molecule has 0 bridgehead atoms. The minimum atomic E-state index is -0.262. The first-order chi connectivity index (χ1) is 16.5. The summed E-state index contributed by atoms with van der Waals surface area (Å²) in [7, 11) is 3.66. The van der Waals surface area contributed by atoms with E-state index in [0.717, 1.165) is 48.0 Å². The largest absolute Gasteiger partial charge is 0.495 e. The van der Waals surface area contributed by atoms with Crippen molar-refractivity contribution < 1.29 is 9.53 Å². The Balaban J connectivity index is 1.64. The zero-order valence-electron chi connectivity index (χ0n) is 19.5. The fraction of sp³-hybridized carbons (Fsp3) is 0.308. The Morgan fingerprint density at radius 1 is 1.32 bits per heavy atom. The number of methoxy groups -OCH3 is 1. The lowest BCUT2D eigenvalue weighted by Crippen LogP contribution is -2.46. The predicted molar refractivity (Wildman–Crippen MR) is 133 cm³/mol. The molecular formula is C26H28N6O2. The van der Waals surface area contributed by atoms with Gasteiger partial charge < -0.3 is 20.3 Å². The highest BCUT2D eigenvalue weighted by atomic mass is 16.5. The molecule has 2 heterocycles. The topological polar surface area (TPSA) is 103 Å². The molecule has 2 aromatic carbocycles. The third-order valence-electron chi connectivity index (χ3n) is 5.95. The Kier molecular flexibility index (Phi) is 7.04. The fourth-order valence-electron chi connectivity index (χ4n) is 4.21. The highest BCUT2D eigenvalue weighted by Gasteiger charge is 2.21. The van der Waals surface area contributed by atoms with Crippen LogP contribution in [0, 0.1) is 11.3 Å². The first-order valence-electron chi connectivity index (χ1n) is 11.2. The number of rotatable bonds is 7. The van der Waals surface area contributed by atoms with E-state index < -0.39 is 0 Å². The second-order valence-corrected chi connectivity index (χ2v) is 8.49. The molecule has 0 unspecified atom stereocenters. The van der Waals surface area contributed by atoms with E-state index in [1.807, 2.05) is 30.3 Å². The van der Waals surface area contributed by atoms with E-state index >= 15 is 0 Å². The van der Waals surface area contributed by atoms with Gasteiger partial charge in [-0.2, -0.15) is 5.26 Å². The number of amides is 1. The van der Waals surface area contributed by atoms with E-state index in [0.29, 0.717) is 23.6 Å². The van der Waals surface area contributed by atoms with Crippen molar-refractivity contribution in [1.82, 2.24) is 20.2 Å². The van der Waals surface area contributed by atoms with Crippen LogP contribution in [0.2, 0.25) is 0 Å². The van der Waals surface area contributed by atoms with Crippen molar-refractivity contribution in [3.8, 4) is 23.1 Å². The van der Waals surface area contributed by atoms with E-state index in [-0.39, 0.29) is 17.8 Å². The van der Waals surface area contributed by atoms with Gasteiger partial charge in [-0.1, -0.05) is 24.8 Å². The quantitative estimate of drug-likeness (QED) is 0.524. The van der Waals surface area contributed by atoms with E-state index in [9.17, 15) is 4.79 Å². The van der Waals surface area contributed by atoms with E-state index in [4.69, 9.17) is 10.00 Å². The number of aromatic nitrogens is 2. The van der Waals surface area contributed by atoms with Gasteiger partial charge in [-0.3, -0.25) is 4.79 Å². The van der Waals surface area contributed by atoms with Crippen LogP contribution in [0.25, 0.3) is 22.0 Å². The molecule has 1 aliphatic heterocycles. The van der Waals surface area contributed by atoms with Crippen molar-refractivity contribution in [2.24, 2.45) is 0 Å². The average Bonchev–Trinajstić information content (AvgIpc) is 2.86. The van der Waals surface area contributed by atoms with Crippen LogP contribution in [0.1, 0.15) is 23.5 Å². The Hall–Kier alpha value is -3.96. The molecule has 2 N–H and O–H groups in total. The summed E-state index contributed by atoms with van der Waals surface area (Å²) in [5, 5.41) is 17.3. The molecule has 1 amide bonds. The first kappa shape index (κ1) is 23.2. The minimum Gasteiger partial charge on any atom is -0.495 e. The van der Waals surface area contributed by atoms with Crippen LogP contribution in [0.4, 0.5) is 5.69 Å². The van der Waals surface area contributed by atoms with E-state index in [1.165, 1.54) is 0 Å². The van der Waals surface area contributed by atoms with Crippen LogP contribution < -0.4 is 15.4 Å². The maximum Gasteiger partial charge on any atom is 0.289 e. The van der Waals surface area contributed by atoms with Crippen LogP contribution in [0.3, 0.4) is 0 Å². The maximum atomic E-state index is 12.8. The lowest BCUT2D eigenvalue weighted by molar-refractivity contribution is 0.0902. The molecule has 1 aliphatic rings. The van der Waals surface area contributed by atoms with Gasteiger partial charge in [-0.25, -0.2) is 9.97 Å². The summed E-state index contributed by atoms with van der Waals surface area (Å²) in [6.45, 7) is 5.92. The van der Waals surface area contributed by atoms with Gasteiger partial charge in [-0.05, 0) is 50.0 Å². The highest BCUT2D eigenvalue weighted by molar-refractivity contribution is 5.99. The van der Waals surface area contributed by atoms with Gasteiger partial charge >= 0.3 is 0 Å². The maximum absolute atomic E-state index is 12.8. The monoisotopic (exact) mass is 456 g/mol. The van der Waals surface area contributed by atoms with Crippen molar-refractivity contribution in [2.75, 3.05) is 39.1 Å². The zero-order chi connectivity index (χ0) is 24.1. The second-order valence-electron chi connectivity index (χ2n) is 8.49. The summed E-state index contributed by atoms with van der Waals surface area (Å²) >= 11 is 0. The summed E-state index contributed by atoms with van der Waals surface area (Å²) in [4.78, 5) is 23.8. The summed E-state index contributed by atoms with van der Waals surface area (Å²) in [6, 6.07) is 13.8. The molecule has 3 aromatic rings. The van der Waals surface area contributed by atoms with Crippen molar-refractivity contribution in [3.05, 3.63) is 60.6 Å². The van der Waals surface area contributed by atoms with Gasteiger partial charge in [0.05, 0.1) is 24.6 Å². The van der Waals surface area contributed by atoms with Crippen LogP contribution in [0.15, 0.2) is 54.7 Å². The predicted octanol–water partition coefficient (Wildman–Crippen LogP) is 3.62. The standard InChI is InChI=1S/C26H28N6O2/c1-17(14-27)15-29-24-21-13-19(7-6-18(21)8-9-23(24)34-3)22-10-11-28-25(31-22)26(33)30-20-5-4-12-32(2)16-20/h6-11,13,20,29H,1,4-5,12,15-16H2,2-3H3,(H,30,33)/t20-/m1/s1. The van der Waals surface area contributed by atoms with Gasteiger partial charge in [0.1, 0.15) is 5.75 Å². The summed E-state index contributed by atoms with van der Waals surface area (Å²) in [6.07, 6.45) is 3.62. The number of fused-ring (bicyclic) bond motifs is 1. The molecule has 1 aromatic heterocycles. The smallest absolute Gasteiger partial charge is 0.289 e. The molecule has 1 atom stereocenters. The van der Waals surface area contributed by atoms with Crippen LogP contribution in [-0.4, -0.2) is 60.6 Å². The number of hydrogen-bond acceptors (Lipinski definition) is 7. The Labute approximate surface area is 199 Å². The zero-order valence-corrected chi connectivity index (χ0v) is 19.5. The van der Waals surface area contributed by atoms with Gasteiger partial charge in [0.15, 0.2) is 0 Å². The third-order valence-corrected chi connectivity index (χ3v) is 5.95. The summed E-state index contributed by atoms with van der Waals surface area (Å²) in [5.74, 6) is 0.553. The van der Waals surface area contributed by atoms with Gasteiger partial charge in [0, 0.05) is 41.9 Å². The second kappa shape index (κ2) is 10.3. The lowest BCUT2D eigenvalue weighted by Gasteiger charge is -2.29. The fourth-order valence-corrected chi connectivity index (χ4v) is 4.21. The number of hydrogen-bond donors (Lipinski definition) is 2. The molecule has 0 saturated carbocycles. The molecular weight excluding hydrogens is 428 g/mol. The molecule has 0 aliphatic carbocycles. The molecule has 0 radical (unpaired) electrons. The molecule has 1 saturated heterocycles. The number of likely N-dealkylation sites (tertiary alicyclic amines) is 1. The molecule has 8 nitrogen and oxygen atoms in total. The number of carbonyl (C=O) groups excluding carboxylic acids is 1. The number of nitrogens with one attached hydrogen (secondary N) is 2. The van der Waals surface area contributed by atoms with Crippen molar-refractivity contribution in [1.29, 1.82) is 5.26 Å². The van der Waals surface area contributed by atoms with Crippen LogP contribution in [0.5, 0.6) is 5.75 Å². The Morgan fingerprint density at radius 3 is 2.91 bits per heavy atom. The lowest BCUT2D eigenvalue weighted by atomic mass is 10.0. The number of benzene rings is 2. The number of ether oxygens (including phenoxy) is 1. The number of nitriles is 1. The number of piperidine rings is 1. The number of likely N-dealkylation sites (N-methyl/N-ethyl adjacent to an activating group) is 1. The van der Waals surface area contributed by atoms with Crippen molar-refractivity contribution >= 4 is 22.4 Å². The number of nitrogens with zero attached hydrogens (tertiary/aromatic N) is 4. The van der Waals surface area contributed by atoms with Crippen molar-refractivity contribution in [2.45, 2.75) is 18.9 Å². The van der Waals surface area contributed by atoms with Gasteiger partial charge in [0.2, 0.25) is 5.82 Å². The molecule has 174 valence electrons. The van der Waals surface area contributed by atoms with E-state index in [1.54, 1.807) is 19.4 Å². The highest BCUT2D eigenvalue weighted by Crippen LogP contribution is 2.35. The average molecular weight is 457 g/mol. The van der Waals surface area contributed by atoms with Crippen LogP contribution >= 0.6 is 0 Å². The van der Waals surface area contributed by atoms with Gasteiger partial charge in [0.25, 0.3) is 5.91 Å². The van der Waals surface area contributed by atoms with Crippen molar-refractivity contribution in [3.63, 3.8) is 0 Å². The molecule has 34 heavy (non-hydrogen) atoms. The minimum absolute atomic E-state index is 0.100. The first-order valence-corrected chi connectivity index (χ1v) is 11.2. The number of carbonyl (C=O) groups is 1. The number of anilines is 1. The molecule has 1 fully saturated rings. The Bertz CT molecular complexity index is 1270. The molecule has 8 heteroatoms. The SMILES string of the molecule is C=C(C#N)CNc1c(OC)ccc2ccc(-c3ccnc(C(=O)N[C@@H]4CCCN(C)C4)n3)cc12. The van der Waals surface area contributed by atoms with Crippen LogP contribution in [-0.2, 0) is 0 Å². The Morgan fingerprint density at radius 2 is 2.15 bits per heavy atom.